The molecule has 2 heterocycles. The lowest BCUT2D eigenvalue weighted by molar-refractivity contribution is 0.335. The highest BCUT2D eigenvalue weighted by atomic mass is 35.5. The van der Waals surface area contributed by atoms with E-state index in [-0.39, 0.29) is 0 Å². The Morgan fingerprint density at radius 2 is 2.32 bits per heavy atom. The lowest BCUT2D eigenvalue weighted by atomic mass is 9.99. The highest BCUT2D eigenvalue weighted by molar-refractivity contribution is 6.31. The number of rotatable bonds is 3. The number of aromatic nitrogens is 1. The van der Waals surface area contributed by atoms with Crippen LogP contribution in [0, 0.1) is 0 Å². The standard InChI is InChI=1S/C16H17ClN2/c1-2-7-19-8-5-12(6-9-19)15-11-18-16-4-3-13(17)10-14(15)16/h2-5,10-11,18H,1,6-9H2. The van der Waals surface area contributed by atoms with Gasteiger partial charge in [0.1, 0.15) is 0 Å². The summed E-state index contributed by atoms with van der Waals surface area (Å²) in [6, 6.07) is 6.00. The molecule has 0 unspecified atom stereocenters. The summed E-state index contributed by atoms with van der Waals surface area (Å²) < 4.78 is 0. The zero-order valence-electron chi connectivity index (χ0n) is 10.8. The fraction of sp³-hybridized carbons (Fsp3) is 0.250. The zero-order valence-corrected chi connectivity index (χ0v) is 11.6. The number of halogens is 1. The third-order valence-electron chi connectivity index (χ3n) is 3.67. The Morgan fingerprint density at radius 1 is 1.42 bits per heavy atom. The summed E-state index contributed by atoms with van der Waals surface area (Å²) in [5, 5.41) is 2.01. The van der Waals surface area contributed by atoms with Gasteiger partial charge in [-0.2, -0.15) is 0 Å². The largest absolute Gasteiger partial charge is 0.361 e. The van der Waals surface area contributed by atoms with Crippen molar-refractivity contribution in [1.29, 1.82) is 0 Å². The van der Waals surface area contributed by atoms with E-state index in [0.717, 1.165) is 36.6 Å². The molecule has 2 nitrogen and oxygen atoms in total. The molecule has 19 heavy (non-hydrogen) atoms. The molecular formula is C16H17ClN2. The topological polar surface area (TPSA) is 19.0 Å². The molecule has 0 atom stereocenters. The quantitative estimate of drug-likeness (QED) is 0.834. The first-order valence-corrected chi connectivity index (χ1v) is 6.95. The van der Waals surface area contributed by atoms with Crippen LogP contribution < -0.4 is 0 Å². The normalized spacial score (nSPS) is 16.6. The van der Waals surface area contributed by atoms with E-state index in [1.54, 1.807) is 0 Å². The minimum absolute atomic E-state index is 0.790. The van der Waals surface area contributed by atoms with Crippen LogP contribution in [0.5, 0.6) is 0 Å². The van der Waals surface area contributed by atoms with Crippen molar-refractivity contribution >= 4 is 28.1 Å². The van der Waals surface area contributed by atoms with Gasteiger partial charge in [0.15, 0.2) is 0 Å². The van der Waals surface area contributed by atoms with Crippen molar-refractivity contribution in [2.75, 3.05) is 19.6 Å². The second-order valence-electron chi connectivity index (χ2n) is 4.92. The monoisotopic (exact) mass is 272 g/mol. The molecular weight excluding hydrogens is 256 g/mol. The van der Waals surface area contributed by atoms with Crippen LogP contribution in [0.15, 0.2) is 43.1 Å². The molecule has 0 saturated carbocycles. The van der Waals surface area contributed by atoms with E-state index in [9.17, 15) is 0 Å². The lowest BCUT2D eigenvalue weighted by Gasteiger charge is -2.24. The molecule has 0 radical (unpaired) electrons. The Hall–Kier alpha value is -1.51. The molecule has 0 aliphatic carbocycles. The van der Waals surface area contributed by atoms with E-state index in [0.29, 0.717) is 0 Å². The second-order valence-corrected chi connectivity index (χ2v) is 5.36. The molecule has 98 valence electrons. The van der Waals surface area contributed by atoms with Crippen molar-refractivity contribution in [3.05, 3.63) is 53.7 Å². The Labute approximate surface area is 118 Å². The average Bonchev–Trinajstić information content (AvgIpc) is 2.83. The number of H-pyrrole nitrogens is 1. The molecule has 1 N–H and O–H groups in total. The summed E-state index contributed by atoms with van der Waals surface area (Å²) in [7, 11) is 0. The minimum Gasteiger partial charge on any atom is -0.361 e. The summed E-state index contributed by atoms with van der Waals surface area (Å²) >= 11 is 6.10. The molecule has 0 saturated heterocycles. The van der Waals surface area contributed by atoms with Crippen LogP contribution in [0.2, 0.25) is 5.02 Å². The second kappa shape index (κ2) is 5.24. The molecule has 0 bridgehead atoms. The van der Waals surface area contributed by atoms with E-state index >= 15 is 0 Å². The van der Waals surface area contributed by atoms with Crippen LogP contribution >= 0.6 is 11.6 Å². The van der Waals surface area contributed by atoms with Crippen molar-refractivity contribution in [3.8, 4) is 0 Å². The van der Waals surface area contributed by atoms with Gasteiger partial charge in [0, 0.05) is 47.3 Å². The summed E-state index contributed by atoms with van der Waals surface area (Å²) in [5.41, 5.74) is 3.85. The predicted octanol–water partition coefficient (Wildman–Crippen LogP) is 4.10. The number of aromatic amines is 1. The number of benzene rings is 1. The number of nitrogens with one attached hydrogen (secondary N) is 1. The van der Waals surface area contributed by atoms with Crippen LogP contribution in [0.4, 0.5) is 0 Å². The van der Waals surface area contributed by atoms with Crippen LogP contribution in [-0.4, -0.2) is 29.5 Å². The van der Waals surface area contributed by atoms with Crippen LogP contribution in [0.3, 0.4) is 0 Å². The molecule has 0 amide bonds. The third kappa shape index (κ3) is 2.46. The fourth-order valence-corrected chi connectivity index (χ4v) is 2.83. The van der Waals surface area contributed by atoms with Crippen molar-refractivity contribution in [2.45, 2.75) is 6.42 Å². The summed E-state index contributed by atoms with van der Waals surface area (Å²) in [6.45, 7) is 6.84. The van der Waals surface area contributed by atoms with E-state index in [2.05, 4.69) is 28.7 Å². The first-order chi connectivity index (χ1) is 9.28. The smallest absolute Gasteiger partial charge is 0.0461 e. The van der Waals surface area contributed by atoms with Gasteiger partial charge in [-0.1, -0.05) is 23.8 Å². The minimum atomic E-state index is 0.790. The number of nitrogens with zero attached hydrogens (tertiary/aromatic N) is 1. The Kier molecular flexibility index (Phi) is 3.45. The molecule has 1 aliphatic rings. The van der Waals surface area contributed by atoms with E-state index < -0.39 is 0 Å². The summed E-state index contributed by atoms with van der Waals surface area (Å²) in [6.07, 6.45) is 7.45. The van der Waals surface area contributed by atoms with Crippen molar-refractivity contribution < 1.29 is 0 Å². The molecule has 0 spiro atoms. The molecule has 2 aromatic rings. The van der Waals surface area contributed by atoms with E-state index in [1.807, 2.05) is 24.3 Å². The predicted molar refractivity (Wildman–Crippen MR) is 82.5 cm³/mol. The number of fused-ring (bicyclic) bond motifs is 1. The molecule has 1 aliphatic heterocycles. The lowest BCUT2D eigenvalue weighted by Crippen LogP contribution is -2.28. The van der Waals surface area contributed by atoms with Crippen molar-refractivity contribution in [3.63, 3.8) is 0 Å². The highest BCUT2D eigenvalue weighted by Crippen LogP contribution is 2.30. The van der Waals surface area contributed by atoms with Gasteiger partial charge in [-0.05, 0) is 30.2 Å². The van der Waals surface area contributed by atoms with Gasteiger partial charge in [0.25, 0.3) is 0 Å². The first kappa shape index (κ1) is 12.5. The Balaban J connectivity index is 1.93. The van der Waals surface area contributed by atoms with Crippen LogP contribution in [0.1, 0.15) is 12.0 Å². The van der Waals surface area contributed by atoms with Gasteiger partial charge in [0.2, 0.25) is 0 Å². The highest BCUT2D eigenvalue weighted by Gasteiger charge is 2.14. The Bertz CT molecular complexity index is 639. The molecule has 1 aromatic carbocycles. The van der Waals surface area contributed by atoms with Gasteiger partial charge >= 0.3 is 0 Å². The maximum absolute atomic E-state index is 6.10. The molecule has 0 fully saturated rings. The van der Waals surface area contributed by atoms with Crippen molar-refractivity contribution in [1.82, 2.24) is 9.88 Å². The molecule has 3 heteroatoms. The fourth-order valence-electron chi connectivity index (χ4n) is 2.66. The Morgan fingerprint density at radius 3 is 3.05 bits per heavy atom. The zero-order chi connectivity index (χ0) is 13.2. The van der Waals surface area contributed by atoms with Gasteiger partial charge in [-0.3, -0.25) is 4.90 Å². The van der Waals surface area contributed by atoms with Gasteiger partial charge in [-0.15, -0.1) is 6.58 Å². The maximum atomic E-state index is 6.10. The molecule has 3 rings (SSSR count). The van der Waals surface area contributed by atoms with Crippen LogP contribution in [0.25, 0.3) is 16.5 Å². The number of hydrogen-bond donors (Lipinski definition) is 1. The van der Waals surface area contributed by atoms with Gasteiger partial charge < -0.3 is 4.98 Å². The number of hydrogen-bond acceptors (Lipinski definition) is 1. The van der Waals surface area contributed by atoms with E-state index in [4.69, 9.17) is 11.6 Å². The maximum Gasteiger partial charge on any atom is 0.0461 e. The van der Waals surface area contributed by atoms with E-state index in [1.165, 1.54) is 16.5 Å². The SMILES string of the molecule is C=CCN1CC=C(c2c[nH]c3ccc(Cl)cc23)CC1. The first-order valence-electron chi connectivity index (χ1n) is 6.57. The third-order valence-corrected chi connectivity index (χ3v) is 3.91. The summed E-state index contributed by atoms with van der Waals surface area (Å²) in [4.78, 5) is 5.71. The van der Waals surface area contributed by atoms with Crippen LogP contribution in [-0.2, 0) is 0 Å². The van der Waals surface area contributed by atoms with Gasteiger partial charge in [-0.25, -0.2) is 0 Å². The van der Waals surface area contributed by atoms with Crippen molar-refractivity contribution in [2.24, 2.45) is 0 Å². The summed E-state index contributed by atoms with van der Waals surface area (Å²) in [5.74, 6) is 0. The molecule has 1 aromatic heterocycles. The average molecular weight is 273 g/mol. The van der Waals surface area contributed by atoms with Gasteiger partial charge in [0.05, 0.1) is 0 Å².